The summed E-state index contributed by atoms with van der Waals surface area (Å²) in [5, 5.41) is 2.97. The highest BCUT2D eigenvalue weighted by molar-refractivity contribution is 5.71. The monoisotopic (exact) mass is 124 g/mol. The number of likely N-dealkylation sites (N-methyl/N-ethyl adjacent to an activating group) is 1. The molecule has 0 bridgehead atoms. The van der Waals surface area contributed by atoms with Gasteiger partial charge < -0.3 is 5.32 Å². The van der Waals surface area contributed by atoms with Crippen molar-refractivity contribution in [3.05, 3.63) is 24.9 Å². The van der Waals surface area contributed by atoms with Gasteiger partial charge in [-0.1, -0.05) is 12.7 Å². The molecule has 0 radical (unpaired) electrons. The Morgan fingerprint density at radius 2 is 2.44 bits per heavy atom. The molecular formula is C7H12N2. The number of hydrogen-bond acceptors (Lipinski definition) is 2. The summed E-state index contributed by atoms with van der Waals surface area (Å²) in [6, 6.07) is 0. The number of rotatable bonds is 4. The third-order valence-corrected chi connectivity index (χ3v) is 0.736. The molecule has 50 valence electrons. The molecule has 0 aliphatic rings. The van der Waals surface area contributed by atoms with Gasteiger partial charge in [0.2, 0.25) is 0 Å². The highest BCUT2D eigenvalue weighted by atomic mass is 14.8. The molecule has 0 aromatic rings. The maximum absolute atomic E-state index is 3.77. The van der Waals surface area contributed by atoms with Gasteiger partial charge in [0.25, 0.3) is 0 Å². The maximum atomic E-state index is 3.77. The van der Waals surface area contributed by atoms with E-state index in [0.29, 0.717) is 0 Å². The van der Waals surface area contributed by atoms with Gasteiger partial charge in [0.1, 0.15) is 0 Å². The van der Waals surface area contributed by atoms with E-state index < -0.39 is 0 Å². The first kappa shape index (κ1) is 8.11. The second-order valence-corrected chi connectivity index (χ2v) is 1.47. The van der Waals surface area contributed by atoms with Gasteiger partial charge in [-0.05, 0) is 13.1 Å². The van der Waals surface area contributed by atoms with Crippen LogP contribution < -0.4 is 5.32 Å². The summed E-state index contributed by atoms with van der Waals surface area (Å²) in [7, 11) is 1.90. The minimum Gasteiger partial charge on any atom is -0.316 e. The normalized spacial score (nSPS) is 11.2. The van der Waals surface area contributed by atoms with Gasteiger partial charge in [0, 0.05) is 19.0 Å². The Morgan fingerprint density at radius 3 is 3.00 bits per heavy atom. The molecule has 2 nitrogen and oxygen atoms in total. The van der Waals surface area contributed by atoms with E-state index in [4.69, 9.17) is 0 Å². The summed E-state index contributed by atoms with van der Waals surface area (Å²) in [5.41, 5.74) is 0. The van der Waals surface area contributed by atoms with E-state index in [1.54, 1.807) is 6.21 Å². The Balaban J connectivity index is 3.23. The highest BCUT2D eigenvalue weighted by Gasteiger charge is 1.65. The fourth-order valence-electron chi connectivity index (χ4n) is 0.357. The van der Waals surface area contributed by atoms with Crippen molar-refractivity contribution in [2.75, 3.05) is 13.6 Å². The molecule has 0 aromatic heterocycles. The molecule has 0 spiro atoms. The second kappa shape index (κ2) is 7.11. The fraction of sp³-hybridized carbons (Fsp3) is 0.286. The predicted molar refractivity (Wildman–Crippen MR) is 41.8 cm³/mol. The highest BCUT2D eigenvalue weighted by Crippen LogP contribution is 1.67. The van der Waals surface area contributed by atoms with E-state index >= 15 is 0 Å². The molecule has 1 N–H and O–H groups in total. The lowest BCUT2D eigenvalue weighted by molar-refractivity contribution is 0.920. The Labute approximate surface area is 56.0 Å². The number of aliphatic imine (C=N–C) groups is 1. The lowest BCUT2D eigenvalue weighted by atomic mass is 10.5. The first-order valence-electron chi connectivity index (χ1n) is 2.85. The zero-order valence-corrected chi connectivity index (χ0v) is 5.67. The maximum Gasteiger partial charge on any atom is 0.0264 e. The van der Waals surface area contributed by atoms with Crippen LogP contribution in [0, 0.1) is 0 Å². The zero-order valence-electron chi connectivity index (χ0n) is 5.67. The van der Waals surface area contributed by atoms with Gasteiger partial charge in [-0.3, -0.25) is 4.99 Å². The summed E-state index contributed by atoms with van der Waals surface area (Å²) in [5.74, 6) is 0. The second-order valence-electron chi connectivity index (χ2n) is 1.47. The van der Waals surface area contributed by atoms with Crippen LogP contribution >= 0.6 is 0 Å². The van der Waals surface area contributed by atoms with Crippen molar-refractivity contribution in [2.24, 2.45) is 4.99 Å². The molecule has 0 aromatic carbocycles. The van der Waals surface area contributed by atoms with E-state index in [9.17, 15) is 0 Å². The van der Waals surface area contributed by atoms with E-state index in [1.807, 2.05) is 19.2 Å². The number of hydrogen-bond donors (Lipinski definition) is 1. The quantitative estimate of drug-likeness (QED) is 0.555. The lowest BCUT2D eigenvalue weighted by Gasteiger charge is -1.82. The van der Waals surface area contributed by atoms with Crippen molar-refractivity contribution >= 4 is 6.21 Å². The number of nitrogens with one attached hydrogen (secondary N) is 1. The van der Waals surface area contributed by atoms with Crippen LogP contribution in [-0.2, 0) is 0 Å². The summed E-state index contributed by atoms with van der Waals surface area (Å²) in [4.78, 5) is 3.77. The van der Waals surface area contributed by atoms with E-state index in [0.717, 1.165) is 6.54 Å². The van der Waals surface area contributed by atoms with Crippen LogP contribution in [0.25, 0.3) is 0 Å². The average Bonchev–Trinajstić information content (AvgIpc) is 1.89. The molecule has 0 amide bonds. The molecule has 0 heterocycles. The molecule has 0 unspecified atom stereocenters. The topological polar surface area (TPSA) is 24.4 Å². The van der Waals surface area contributed by atoms with Crippen LogP contribution in [-0.4, -0.2) is 19.8 Å². The van der Waals surface area contributed by atoms with Crippen molar-refractivity contribution in [3.63, 3.8) is 0 Å². The van der Waals surface area contributed by atoms with E-state index in [2.05, 4.69) is 16.9 Å². The first-order valence-corrected chi connectivity index (χ1v) is 2.85. The van der Waals surface area contributed by atoms with Gasteiger partial charge in [0.15, 0.2) is 0 Å². The third kappa shape index (κ3) is 7.11. The molecule has 2 heteroatoms. The van der Waals surface area contributed by atoms with Crippen molar-refractivity contribution in [1.82, 2.24) is 5.32 Å². The van der Waals surface area contributed by atoms with Gasteiger partial charge in [-0.2, -0.15) is 0 Å². The van der Waals surface area contributed by atoms with Gasteiger partial charge in [0.05, 0.1) is 0 Å². The summed E-state index contributed by atoms with van der Waals surface area (Å²) < 4.78 is 0. The van der Waals surface area contributed by atoms with Gasteiger partial charge >= 0.3 is 0 Å². The summed E-state index contributed by atoms with van der Waals surface area (Å²) in [6.45, 7) is 4.31. The zero-order chi connectivity index (χ0) is 6.95. The van der Waals surface area contributed by atoms with Crippen LogP contribution in [0.15, 0.2) is 29.9 Å². The molecule has 9 heavy (non-hydrogen) atoms. The van der Waals surface area contributed by atoms with Crippen LogP contribution in [0.4, 0.5) is 0 Å². The standard InChI is InChI=1S/C7H12N2/c1-3-9-7-5-4-6-8-2/h3-5,7-8H,1,6H2,2H3/b5-4-,9-7?. The third-order valence-electron chi connectivity index (χ3n) is 0.736. The van der Waals surface area contributed by atoms with E-state index in [1.165, 1.54) is 6.20 Å². The molecule has 0 atom stereocenters. The van der Waals surface area contributed by atoms with Crippen molar-refractivity contribution in [2.45, 2.75) is 0 Å². The van der Waals surface area contributed by atoms with Crippen molar-refractivity contribution in [1.29, 1.82) is 0 Å². The SMILES string of the molecule is C=CN=C/C=C\CNC. The Hall–Kier alpha value is -0.890. The fourth-order valence-corrected chi connectivity index (χ4v) is 0.357. The molecule has 0 saturated carbocycles. The Bertz CT molecular complexity index is 114. The number of nitrogens with zero attached hydrogens (tertiary/aromatic N) is 1. The Kier molecular flexibility index (Phi) is 6.41. The predicted octanol–water partition coefficient (Wildman–Crippen LogP) is 0.976. The van der Waals surface area contributed by atoms with Crippen LogP contribution in [0.5, 0.6) is 0 Å². The van der Waals surface area contributed by atoms with Gasteiger partial charge in [-0.25, -0.2) is 0 Å². The van der Waals surface area contributed by atoms with Crippen molar-refractivity contribution < 1.29 is 0 Å². The molecule has 0 fully saturated rings. The molecule has 0 rings (SSSR count). The summed E-state index contributed by atoms with van der Waals surface area (Å²) >= 11 is 0. The van der Waals surface area contributed by atoms with Crippen LogP contribution in [0.2, 0.25) is 0 Å². The molecule has 0 aliphatic carbocycles. The largest absolute Gasteiger partial charge is 0.316 e. The smallest absolute Gasteiger partial charge is 0.0264 e. The van der Waals surface area contributed by atoms with Gasteiger partial charge in [-0.15, -0.1) is 0 Å². The summed E-state index contributed by atoms with van der Waals surface area (Å²) in [6.07, 6.45) is 7.05. The lowest BCUT2D eigenvalue weighted by Crippen LogP contribution is -2.03. The van der Waals surface area contributed by atoms with Crippen LogP contribution in [0.1, 0.15) is 0 Å². The number of allylic oxidation sites excluding steroid dienone is 1. The average molecular weight is 124 g/mol. The molecule has 0 saturated heterocycles. The first-order chi connectivity index (χ1) is 4.41. The van der Waals surface area contributed by atoms with Crippen LogP contribution in [0.3, 0.4) is 0 Å². The minimum atomic E-state index is 0.878. The molecule has 0 aliphatic heterocycles. The minimum absolute atomic E-state index is 0.878. The van der Waals surface area contributed by atoms with Crippen molar-refractivity contribution in [3.8, 4) is 0 Å². The Morgan fingerprint density at radius 1 is 1.67 bits per heavy atom. The molecular weight excluding hydrogens is 112 g/mol. The van der Waals surface area contributed by atoms with E-state index in [-0.39, 0.29) is 0 Å².